The standard InChI is InChI=1S/C12H19BrN6/c1-12(2,3)14-7-11-9-19(17-16-11)5-4-18-8-10(13)6-15-18/h6,8-9,14H,4-5,7H2,1-3H3. The van der Waals surface area contributed by atoms with Gasteiger partial charge in [0.2, 0.25) is 0 Å². The summed E-state index contributed by atoms with van der Waals surface area (Å²) in [4.78, 5) is 0. The SMILES string of the molecule is CC(C)(C)NCc1cn(CCn2cc(Br)cn2)nn1. The molecule has 0 aromatic carbocycles. The Morgan fingerprint density at radius 3 is 2.58 bits per heavy atom. The minimum atomic E-state index is 0.0884. The molecule has 0 aliphatic rings. The van der Waals surface area contributed by atoms with Crippen LogP contribution in [0.1, 0.15) is 26.5 Å². The summed E-state index contributed by atoms with van der Waals surface area (Å²) in [5, 5.41) is 15.9. The van der Waals surface area contributed by atoms with Crippen molar-refractivity contribution in [2.24, 2.45) is 0 Å². The average Bonchev–Trinajstić information content (AvgIpc) is 2.92. The quantitative estimate of drug-likeness (QED) is 0.910. The molecule has 0 unspecified atom stereocenters. The number of halogens is 1. The molecule has 0 aliphatic heterocycles. The first kappa shape index (κ1) is 14.2. The number of rotatable bonds is 5. The highest BCUT2D eigenvalue weighted by molar-refractivity contribution is 9.10. The van der Waals surface area contributed by atoms with Gasteiger partial charge in [0.05, 0.1) is 29.5 Å². The Morgan fingerprint density at radius 2 is 1.95 bits per heavy atom. The Bertz CT molecular complexity index is 524. The fourth-order valence-corrected chi connectivity index (χ4v) is 1.88. The Balaban J connectivity index is 1.84. The predicted molar refractivity (Wildman–Crippen MR) is 76.5 cm³/mol. The molecule has 7 heteroatoms. The van der Waals surface area contributed by atoms with Gasteiger partial charge in [0.1, 0.15) is 0 Å². The smallest absolute Gasteiger partial charge is 0.0965 e. The lowest BCUT2D eigenvalue weighted by Gasteiger charge is -2.19. The zero-order valence-corrected chi connectivity index (χ0v) is 13.1. The number of hydrogen-bond donors (Lipinski definition) is 1. The molecule has 0 bridgehead atoms. The normalized spacial score (nSPS) is 12.0. The van der Waals surface area contributed by atoms with Crippen LogP contribution in [0.25, 0.3) is 0 Å². The summed E-state index contributed by atoms with van der Waals surface area (Å²) in [5.41, 5.74) is 1.04. The van der Waals surface area contributed by atoms with E-state index in [9.17, 15) is 0 Å². The van der Waals surface area contributed by atoms with E-state index in [1.165, 1.54) is 0 Å². The van der Waals surface area contributed by atoms with Gasteiger partial charge in [-0.2, -0.15) is 5.10 Å². The van der Waals surface area contributed by atoms with Gasteiger partial charge in [0.25, 0.3) is 0 Å². The maximum atomic E-state index is 4.20. The van der Waals surface area contributed by atoms with Crippen molar-refractivity contribution in [1.29, 1.82) is 0 Å². The zero-order chi connectivity index (χ0) is 13.9. The monoisotopic (exact) mass is 326 g/mol. The van der Waals surface area contributed by atoms with Crippen LogP contribution in [0.3, 0.4) is 0 Å². The number of aryl methyl sites for hydroxylation is 2. The number of nitrogens with one attached hydrogen (secondary N) is 1. The fraction of sp³-hybridized carbons (Fsp3) is 0.583. The second-order valence-electron chi connectivity index (χ2n) is 5.50. The Kier molecular flexibility index (Phi) is 4.36. The Labute approximate surface area is 121 Å². The second kappa shape index (κ2) is 5.83. The largest absolute Gasteiger partial charge is 0.306 e. The van der Waals surface area contributed by atoms with Crippen LogP contribution in [0.2, 0.25) is 0 Å². The zero-order valence-electron chi connectivity index (χ0n) is 11.5. The number of hydrogen-bond acceptors (Lipinski definition) is 4. The summed E-state index contributed by atoms with van der Waals surface area (Å²) >= 11 is 3.38. The first-order chi connectivity index (χ1) is 8.92. The minimum absolute atomic E-state index is 0.0884. The molecule has 2 aromatic heterocycles. The molecule has 1 N–H and O–H groups in total. The van der Waals surface area contributed by atoms with Gasteiger partial charge in [-0.05, 0) is 36.7 Å². The van der Waals surface area contributed by atoms with Crippen LogP contribution in [-0.2, 0) is 19.6 Å². The van der Waals surface area contributed by atoms with Crippen LogP contribution < -0.4 is 5.32 Å². The molecule has 0 saturated heterocycles. The molecule has 2 rings (SSSR count). The van der Waals surface area contributed by atoms with E-state index in [4.69, 9.17) is 0 Å². The van der Waals surface area contributed by atoms with Crippen LogP contribution in [0, 0.1) is 0 Å². The molecule has 2 heterocycles. The van der Waals surface area contributed by atoms with Gasteiger partial charge in [-0.15, -0.1) is 5.10 Å². The van der Waals surface area contributed by atoms with E-state index >= 15 is 0 Å². The minimum Gasteiger partial charge on any atom is -0.306 e. The molecular formula is C12H19BrN6. The molecule has 0 radical (unpaired) electrons. The number of aromatic nitrogens is 5. The van der Waals surface area contributed by atoms with Gasteiger partial charge in [0.15, 0.2) is 0 Å². The summed E-state index contributed by atoms with van der Waals surface area (Å²) in [5.74, 6) is 0. The van der Waals surface area contributed by atoms with Crippen molar-refractivity contribution in [3.05, 3.63) is 28.8 Å². The fourth-order valence-electron chi connectivity index (χ4n) is 1.55. The maximum Gasteiger partial charge on any atom is 0.0965 e. The van der Waals surface area contributed by atoms with Crippen molar-refractivity contribution in [3.63, 3.8) is 0 Å². The highest BCUT2D eigenvalue weighted by Gasteiger charge is 2.10. The summed E-state index contributed by atoms with van der Waals surface area (Å²) in [6.45, 7) is 8.67. The van der Waals surface area contributed by atoms with Crippen LogP contribution in [0.15, 0.2) is 23.1 Å². The molecule has 0 spiro atoms. The van der Waals surface area contributed by atoms with Crippen LogP contribution in [0.4, 0.5) is 0 Å². The van der Waals surface area contributed by atoms with Gasteiger partial charge in [-0.1, -0.05) is 5.21 Å². The Morgan fingerprint density at radius 1 is 1.21 bits per heavy atom. The summed E-state index contributed by atoms with van der Waals surface area (Å²) < 4.78 is 4.70. The molecule has 0 fully saturated rings. The third-order valence-corrected chi connectivity index (χ3v) is 2.96. The maximum absolute atomic E-state index is 4.20. The second-order valence-corrected chi connectivity index (χ2v) is 6.41. The molecular weight excluding hydrogens is 308 g/mol. The van der Waals surface area contributed by atoms with Gasteiger partial charge in [0, 0.05) is 24.5 Å². The van der Waals surface area contributed by atoms with Crippen molar-refractivity contribution in [3.8, 4) is 0 Å². The first-order valence-electron chi connectivity index (χ1n) is 6.24. The van der Waals surface area contributed by atoms with Gasteiger partial charge >= 0.3 is 0 Å². The third-order valence-electron chi connectivity index (χ3n) is 2.55. The van der Waals surface area contributed by atoms with E-state index in [2.05, 4.69) is 57.4 Å². The van der Waals surface area contributed by atoms with Crippen LogP contribution in [0.5, 0.6) is 0 Å². The van der Waals surface area contributed by atoms with E-state index < -0.39 is 0 Å². The first-order valence-corrected chi connectivity index (χ1v) is 7.04. The van der Waals surface area contributed by atoms with Gasteiger partial charge in [-0.25, -0.2) is 0 Å². The van der Waals surface area contributed by atoms with Gasteiger partial charge in [-0.3, -0.25) is 9.36 Å². The lowest BCUT2D eigenvalue weighted by Crippen LogP contribution is -2.35. The van der Waals surface area contributed by atoms with E-state index in [-0.39, 0.29) is 5.54 Å². The van der Waals surface area contributed by atoms with E-state index in [0.29, 0.717) is 0 Å². The molecule has 19 heavy (non-hydrogen) atoms. The molecule has 0 amide bonds. The molecule has 104 valence electrons. The third kappa shape index (κ3) is 4.76. The molecule has 6 nitrogen and oxygen atoms in total. The highest BCUT2D eigenvalue weighted by Crippen LogP contribution is 2.06. The number of nitrogens with zero attached hydrogens (tertiary/aromatic N) is 5. The topological polar surface area (TPSA) is 60.6 Å². The molecule has 0 saturated carbocycles. The Hall–Kier alpha value is -1.21. The van der Waals surface area contributed by atoms with Crippen LogP contribution >= 0.6 is 15.9 Å². The van der Waals surface area contributed by atoms with Gasteiger partial charge < -0.3 is 5.32 Å². The van der Waals surface area contributed by atoms with Crippen molar-refractivity contribution in [2.45, 2.75) is 45.9 Å². The summed E-state index contributed by atoms with van der Waals surface area (Å²) in [7, 11) is 0. The molecule has 0 atom stereocenters. The highest BCUT2D eigenvalue weighted by atomic mass is 79.9. The molecule has 0 aliphatic carbocycles. The van der Waals surface area contributed by atoms with Crippen LogP contribution in [-0.4, -0.2) is 30.3 Å². The van der Waals surface area contributed by atoms with Crippen molar-refractivity contribution in [1.82, 2.24) is 30.1 Å². The lowest BCUT2D eigenvalue weighted by molar-refractivity contribution is 0.421. The summed E-state index contributed by atoms with van der Waals surface area (Å²) in [6, 6.07) is 0. The van der Waals surface area contributed by atoms with E-state index in [0.717, 1.165) is 29.8 Å². The van der Waals surface area contributed by atoms with E-state index in [1.807, 2.05) is 21.8 Å². The van der Waals surface area contributed by atoms with Crippen molar-refractivity contribution >= 4 is 15.9 Å². The van der Waals surface area contributed by atoms with E-state index in [1.54, 1.807) is 6.20 Å². The lowest BCUT2D eigenvalue weighted by atomic mass is 10.1. The average molecular weight is 327 g/mol. The molecule has 2 aromatic rings. The predicted octanol–water partition coefficient (Wildman–Crippen LogP) is 1.83. The van der Waals surface area contributed by atoms with Crippen molar-refractivity contribution < 1.29 is 0 Å². The van der Waals surface area contributed by atoms with Crippen molar-refractivity contribution in [2.75, 3.05) is 0 Å². The summed E-state index contributed by atoms with van der Waals surface area (Å²) in [6.07, 6.45) is 5.69.